The van der Waals surface area contributed by atoms with Crippen LogP contribution in [-0.4, -0.2) is 0 Å². The van der Waals surface area contributed by atoms with Crippen molar-refractivity contribution < 1.29 is 13.2 Å². The van der Waals surface area contributed by atoms with Gasteiger partial charge in [-0.1, -0.05) is 78.9 Å². The summed E-state index contributed by atoms with van der Waals surface area (Å²) in [5, 5.41) is 2.54. The lowest BCUT2D eigenvalue weighted by molar-refractivity contribution is -0.137. The third kappa shape index (κ3) is 4.11. The minimum absolute atomic E-state index is 0.552. The van der Waals surface area contributed by atoms with Crippen molar-refractivity contribution in [2.45, 2.75) is 6.18 Å². The van der Waals surface area contributed by atoms with Gasteiger partial charge >= 0.3 is 6.18 Å². The van der Waals surface area contributed by atoms with Crippen molar-refractivity contribution in [2.75, 3.05) is 0 Å². The van der Waals surface area contributed by atoms with Gasteiger partial charge in [-0.05, 0) is 69.8 Å². The molecule has 0 nitrogen and oxygen atoms in total. The minimum Gasteiger partial charge on any atom is -0.166 e. The molecule has 4 heteroatoms. The van der Waals surface area contributed by atoms with Gasteiger partial charge in [0, 0.05) is 20.2 Å². The Balaban J connectivity index is 1.34. The number of alkyl halides is 3. The largest absolute Gasteiger partial charge is 0.416 e. The lowest BCUT2D eigenvalue weighted by atomic mass is 9.96. The van der Waals surface area contributed by atoms with Gasteiger partial charge in [0.15, 0.2) is 0 Å². The summed E-state index contributed by atoms with van der Waals surface area (Å²) in [7, 11) is 0. The van der Waals surface area contributed by atoms with E-state index >= 15 is 0 Å². The molecule has 0 saturated carbocycles. The Hall–Kier alpha value is -3.89. The third-order valence-corrected chi connectivity index (χ3v) is 7.47. The quantitative estimate of drug-likeness (QED) is 0.236. The standard InChI is InChI=1S/C31H19F3S/c32-31(33,34)26-8-4-7-24(18-26)21-13-11-20(12-14-21)22-5-3-6-23(17-22)25-15-16-30-28(19-25)27-9-1-2-10-29(27)35-30/h1-19H. The Labute approximate surface area is 204 Å². The highest BCUT2D eigenvalue weighted by Gasteiger charge is 2.30. The van der Waals surface area contributed by atoms with Gasteiger partial charge in [-0.2, -0.15) is 13.2 Å². The lowest BCUT2D eigenvalue weighted by Gasteiger charge is -2.10. The number of thiophene rings is 1. The predicted octanol–water partition coefficient (Wildman–Crippen LogP) is 10.1. The van der Waals surface area contributed by atoms with Gasteiger partial charge in [-0.25, -0.2) is 0 Å². The summed E-state index contributed by atoms with van der Waals surface area (Å²) < 4.78 is 41.8. The van der Waals surface area contributed by atoms with Crippen LogP contribution in [0.5, 0.6) is 0 Å². The second-order valence-corrected chi connectivity index (χ2v) is 9.63. The molecule has 0 unspecified atom stereocenters. The van der Waals surface area contributed by atoms with Gasteiger partial charge in [0.05, 0.1) is 5.56 Å². The zero-order valence-electron chi connectivity index (χ0n) is 18.5. The van der Waals surface area contributed by atoms with Crippen LogP contribution in [0.2, 0.25) is 0 Å². The second kappa shape index (κ2) is 8.40. The molecular weight excluding hydrogens is 461 g/mol. The molecule has 0 aliphatic carbocycles. The highest BCUT2D eigenvalue weighted by molar-refractivity contribution is 7.25. The average Bonchev–Trinajstić information content (AvgIpc) is 3.26. The smallest absolute Gasteiger partial charge is 0.166 e. The van der Waals surface area contributed by atoms with Gasteiger partial charge in [-0.3, -0.25) is 0 Å². The number of halogens is 3. The van der Waals surface area contributed by atoms with Crippen LogP contribution >= 0.6 is 11.3 Å². The van der Waals surface area contributed by atoms with E-state index in [0.717, 1.165) is 33.9 Å². The van der Waals surface area contributed by atoms with Crippen LogP contribution in [0.4, 0.5) is 13.2 Å². The Morgan fingerprint density at radius 2 is 0.971 bits per heavy atom. The molecule has 170 valence electrons. The molecule has 0 spiro atoms. The molecule has 0 aliphatic rings. The molecule has 0 amide bonds. The Bertz CT molecular complexity index is 1670. The van der Waals surface area contributed by atoms with Crippen LogP contribution in [0.25, 0.3) is 53.6 Å². The van der Waals surface area contributed by atoms with Gasteiger partial charge in [-0.15, -0.1) is 11.3 Å². The molecule has 0 bridgehead atoms. The summed E-state index contributed by atoms with van der Waals surface area (Å²) in [6.07, 6.45) is -4.35. The first-order chi connectivity index (χ1) is 17.0. The maximum Gasteiger partial charge on any atom is 0.416 e. The number of rotatable bonds is 3. The number of hydrogen-bond donors (Lipinski definition) is 0. The third-order valence-electron chi connectivity index (χ3n) is 6.31. The van der Waals surface area contributed by atoms with Gasteiger partial charge in [0.1, 0.15) is 0 Å². The monoisotopic (exact) mass is 480 g/mol. The molecule has 1 heterocycles. The molecule has 0 fully saturated rings. The fourth-order valence-corrected chi connectivity index (χ4v) is 5.60. The Morgan fingerprint density at radius 1 is 0.429 bits per heavy atom. The molecule has 35 heavy (non-hydrogen) atoms. The van der Waals surface area contributed by atoms with E-state index in [1.807, 2.05) is 30.3 Å². The summed E-state index contributed by atoms with van der Waals surface area (Å²) in [6, 6.07) is 36.6. The van der Waals surface area contributed by atoms with Crippen molar-refractivity contribution in [3.05, 3.63) is 121 Å². The van der Waals surface area contributed by atoms with E-state index in [1.165, 1.54) is 32.3 Å². The molecule has 1 aromatic heterocycles. The molecule has 6 aromatic rings. The normalized spacial score (nSPS) is 11.9. The van der Waals surface area contributed by atoms with Crippen molar-refractivity contribution in [1.82, 2.24) is 0 Å². The fourth-order valence-electron chi connectivity index (χ4n) is 4.51. The van der Waals surface area contributed by atoms with Crippen LogP contribution < -0.4 is 0 Å². The van der Waals surface area contributed by atoms with E-state index in [9.17, 15) is 13.2 Å². The summed E-state index contributed by atoms with van der Waals surface area (Å²) in [5.74, 6) is 0. The lowest BCUT2D eigenvalue weighted by Crippen LogP contribution is -2.04. The van der Waals surface area contributed by atoms with E-state index in [1.54, 1.807) is 17.4 Å². The maximum absolute atomic E-state index is 13.1. The number of benzene rings is 5. The Kier molecular flexibility index (Phi) is 5.19. The first-order valence-electron chi connectivity index (χ1n) is 11.3. The van der Waals surface area contributed by atoms with Crippen LogP contribution in [0, 0.1) is 0 Å². The first kappa shape index (κ1) is 21.6. The molecule has 0 radical (unpaired) electrons. The highest BCUT2D eigenvalue weighted by atomic mass is 32.1. The molecule has 0 aliphatic heterocycles. The van der Waals surface area contributed by atoms with Crippen LogP contribution in [0.15, 0.2) is 115 Å². The Morgan fingerprint density at radius 3 is 1.69 bits per heavy atom. The van der Waals surface area contributed by atoms with Crippen molar-refractivity contribution in [1.29, 1.82) is 0 Å². The van der Waals surface area contributed by atoms with Crippen LogP contribution in [-0.2, 0) is 6.18 Å². The van der Waals surface area contributed by atoms with Crippen molar-refractivity contribution in [2.24, 2.45) is 0 Å². The van der Waals surface area contributed by atoms with Crippen LogP contribution in [0.1, 0.15) is 5.56 Å². The van der Waals surface area contributed by atoms with E-state index in [-0.39, 0.29) is 0 Å². The summed E-state index contributed by atoms with van der Waals surface area (Å²) in [5.41, 5.74) is 5.03. The molecule has 5 aromatic carbocycles. The van der Waals surface area contributed by atoms with Crippen molar-refractivity contribution >= 4 is 31.5 Å². The molecule has 0 N–H and O–H groups in total. The summed E-state index contributed by atoms with van der Waals surface area (Å²) in [4.78, 5) is 0. The van der Waals surface area contributed by atoms with Crippen molar-refractivity contribution in [3.63, 3.8) is 0 Å². The molecule has 6 rings (SSSR count). The second-order valence-electron chi connectivity index (χ2n) is 8.55. The van der Waals surface area contributed by atoms with Gasteiger partial charge in [0.25, 0.3) is 0 Å². The minimum atomic E-state index is -4.35. The summed E-state index contributed by atoms with van der Waals surface area (Å²) >= 11 is 1.80. The number of hydrogen-bond acceptors (Lipinski definition) is 1. The zero-order valence-corrected chi connectivity index (χ0v) is 19.3. The van der Waals surface area contributed by atoms with E-state index in [2.05, 4.69) is 60.7 Å². The number of fused-ring (bicyclic) bond motifs is 3. The average molecular weight is 481 g/mol. The van der Waals surface area contributed by atoms with Crippen LogP contribution in [0.3, 0.4) is 0 Å². The fraction of sp³-hybridized carbons (Fsp3) is 0.0323. The highest BCUT2D eigenvalue weighted by Crippen LogP contribution is 2.37. The maximum atomic E-state index is 13.1. The van der Waals surface area contributed by atoms with E-state index in [0.29, 0.717) is 5.56 Å². The first-order valence-corrected chi connectivity index (χ1v) is 12.1. The SMILES string of the molecule is FC(F)(F)c1cccc(-c2ccc(-c3cccc(-c4ccc5sc6ccccc6c5c4)c3)cc2)c1. The molecule has 0 atom stereocenters. The van der Waals surface area contributed by atoms with Crippen molar-refractivity contribution in [3.8, 4) is 33.4 Å². The van der Waals surface area contributed by atoms with Gasteiger partial charge in [0.2, 0.25) is 0 Å². The zero-order chi connectivity index (χ0) is 24.0. The van der Waals surface area contributed by atoms with E-state index < -0.39 is 11.7 Å². The molecule has 0 saturated heterocycles. The predicted molar refractivity (Wildman–Crippen MR) is 141 cm³/mol. The topological polar surface area (TPSA) is 0 Å². The molecular formula is C31H19F3S. The van der Waals surface area contributed by atoms with Gasteiger partial charge < -0.3 is 0 Å². The summed E-state index contributed by atoms with van der Waals surface area (Å²) in [6.45, 7) is 0. The van der Waals surface area contributed by atoms with E-state index in [4.69, 9.17) is 0 Å².